The minimum absolute atomic E-state index is 0.0519. The Kier molecular flexibility index (Phi) is 4.38. The maximum atomic E-state index is 13.0. The molecular formula is C21H16N2O5. The Morgan fingerprint density at radius 3 is 2.25 bits per heavy atom. The first-order chi connectivity index (χ1) is 13.5. The summed E-state index contributed by atoms with van der Waals surface area (Å²) >= 11 is 0. The number of benzene rings is 3. The number of nitrogens with one attached hydrogen (secondary N) is 1. The van der Waals surface area contributed by atoms with Gasteiger partial charge in [0.25, 0.3) is 17.7 Å². The van der Waals surface area contributed by atoms with Crippen molar-refractivity contribution >= 4 is 28.5 Å². The molecule has 140 valence electrons. The zero-order chi connectivity index (χ0) is 19.8. The second kappa shape index (κ2) is 6.88. The van der Waals surface area contributed by atoms with E-state index in [9.17, 15) is 19.5 Å². The Labute approximate surface area is 159 Å². The molecule has 0 saturated carbocycles. The van der Waals surface area contributed by atoms with Crippen molar-refractivity contribution in [1.82, 2.24) is 10.4 Å². The standard InChI is InChI=1S/C21H16N2O5/c24-11-14-8-9-17-18-15(14)2-1-3-16(18)20(26)23(21(17)27)10-12-4-6-13(7-5-12)19(25)22-28/h1-9,24,28H,10-11H2,(H,22,25). The summed E-state index contributed by atoms with van der Waals surface area (Å²) in [5.41, 5.74) is 3.97. The Morgan fingerprint density at radius 2 is 1.61 bits per heavy atom. The number of carbonyl (C=O) groups excluding carboxylic acids is 3. The summed E-state index contributed by atoms with van der Waals surface area (Å²) in [4.78, 5) is 38.5. The normalized spacial score (nSPS) is 13.1. The van der Waals surface area contributed by atoms with Gasteiger partial charge in [-0.2, -0.15) is 0 Å². The summed E-state index contributed by atoms with van der Waals surface area (Å²) in [7, 11) is 0. The molecule has 4 rings (SSSR count). The van der Waals surface area contributed by atoms with Crippen LogP contribution in [0.4, 0.5) is 0 Å². The van der Waals surface area contributed by atoms with Crippen LogP contribution in [-0.2, 0) is 13.2 Å². The highest BCUT2D eigenvalue weighted by atomic mass is 16.5. The number of aliphatic hydroxyl groups is 1. The Morgan fingerprint density at radius 1 is 0.929 bits per heavy atom. The highest BCUT2D eigenvalue weighted by Crippen LogP contribution is 2.32. The molecule has 0 aliphatic carbocycles. The molecule has 0 fully saturated rings. The summed E-state index contributed by atoms with van der Waals surface area (Å²) in [5, 5.41) is 19.5. The zero-order valence-corrected chi connectivity index (χ0v) is 14.7. The first-order valence-electron chi connectivity index (χ1n) is 8.60. The number of imide groups is 1. The van der Waals surface area contributed by atoms with Crippen molar-refractivity contribution < 1.29 is 24.7 Å². The van der Waals surface area contributed by atoms with Gasteiger partial charge in [-0.15, -0.1) is 0 Å². The number of amides is 3. The topological polar surface area (TPSA) is 107 Å². The summed E-state index contributed by atoms with van der Waals surface area (Å²) in [6, 6.07) is 14.8. The molecule has 0 atom stereocenters. The van der Waals surface area contributed by atoms with Gasteiger partial charge in [-0.3, -0.25) is 24.5 Å². The number of aliphatic hydroxyl groups excluding tert-OH is 1. The molecule has 7 nitrogen and oxygen atoms in total. The van der Waals surface area contributed by atoms with E-state index in [1.54, 1.807) is 47.9 Å². The molecule has 3 aromatic carbocycles. The van der Waals surface area contributed by atoms with Crippen molar-refractivity contribution in [2.45, 2.75) is 13.2 Å². The molecule has 0 bridgehead atoms. The number of hydroxylamine groups is 1. The van der Waals surface area contributed by atoms with Crippen LogP contribution in [0.25, 0.3) is 10.8 Å². The van der Waals surface area contributed by atoms with E-state index in [1.165, 1.54) is 12.1 Å². The van der Waals surface area contributed by atoms with Gasteiger partial charge in [-0.25, -0.2) is 5.48 Å². The number of hydrogen-bond acceptors (Lipinski definition) is 5. The predicted molar refractivity (Wildman–Crippen MR) is 99.8 cm³/mol. The fourth-order valence-corrected chi connectivity index (χ4v) is 3.50. The van der Waals surface area contributed by atoms with E-state index in [1.807, 2.05) is 0 Å². The smallest absolute Gasteiger partial charge is 0.274 e. The molecule has 28 heavy (non-hydrogen) atoms. The fourth-order valence-electron chi connectivity index (χ4n) is 3.50. The van der Waals surface area contributed by atoms with E-state index in [-0.39, 0.29) is 18.7 Å². The molecule has 7 heteroatoms. The second-order valence-electron chi connectivity index (χ2n) is 6.49. The van der Waals surface area contributed by atoms with Crippen LogP contribution in [-0.4, -0.2) is 32.9 Å². The van der Waals surface area contributed by atoms with Crippen molar-refractivity contribution in [3.05, 3.63) is 82.4 Å². The summed E-state index contributed by atoms with van der Waals surface area (Å²) in [5.74, 6) is -1.46. The van der Waals surface area contributed by atoms with Gasteiger partial charge in [0.2, 0.25) is 0 Å². The third kappa shape index (κ3) is 2.74. The maximum absolute atomic E-state index is 13.0. The average Bonchev–Trinajstić information content (AvgIpc) is 2.74. The van der Waals surface area contributed by atoms with Crippen molar-refractivity contribution in [3.63, 3.8) is 0 Å². The van der Waals surface area contributed by atoms with Crippen molar-refractivity contribution in [3.8, 4) is 0 Å². The lowest BCUT2D eigenvalue weighted by atomic mass is 9.91. The van der Waals surface area contributed by atoms with Crippen LogP contribution in [0.5, 0.6) is 0 Å². The average molecular weight is 376 g/mol. The first kappa shape index (κ1) is 17.8. The van der Waals surface area contributed by atoms with Gasteiger partial charge in [0.15, 0.2) is 0 Å². The van der Waals surface area contributed by atoms with Crippen molar-refractivity contribution in [1.29, 1.82) is 0 Å². The lowest BCUT2D eigenvalue weighted by Gasteiger charge is -2.27. The van der Waals surface area contributed by atoms with Gasteiger partial charge in [-0.05, 0) is 40.8 Å². The zero-order valence-electron chi connectivity index (χ0n) is 14.7. The molecule has 1 aliphatic rings. The second-order valence-corrected chi connectivity index (χ2v) is 6.49. The van der Waals surface area contributed by atoms with Crippen LogP contribution >= 0.6 is 0 Å². The number of hydrogen-bond donors (Lipinski definition) is 3. The molecule has 1 aliphatic heterocycles. The largest absolute Gasteiger partial charge is 0.392 e. The third-order valence-electron chi connectivity index (χ3n) is 4.91. The summed E-state index contributed by atoms with van der Waals surface area (Å²) in [6.07, 6.45) is 0. The first-order valence-corrected chi connectivity index (χ1v) is 8.60. The molecule has 3 amide bonds. The molecule has 0 saturated heterocycles. The molecule has 3 N–H and O–H groups in total. The van der Waals surface area contributed by atoms with Gasteiger partial charge in [-0.1, -0.05) is 30.3 Å². The van der Waals surface area contributed by atoms with E-state index >= 15 is 0 Å². The minimum Gasteiger partial charge on any atom is -0.392 e. The third-order valence-corrected chi connectivity index (χ3v) is 4.91. The summed E-state index contributed by atoms with van der Waals surface area (Å²) in [6.45, 7) is -0.129. The minimum atomic E-state index is -0.642. The van der Waals surface area contributed by atoms with E-state index in [4.69, 9.17) is 5.21 Å². The lowest BCUT2D eigenvalue weighted by molar-refractivity contribution is 0.0597. The highest BCUT2D eigenvalue weighted by molar-refractivity contribution is 6.25. The number of rotatable bonds is 4. The van der Waals surface area contributed by atoms with Crippen LogP contribution in [0.3, 0.4) is 0 Å². The van der Waals surface area contributed by atoms with Gasteiger partial charge in [0, 0.05) is 22.1 Å². The van der Waals surface area contributed by atoms with Crippen molar-refractivity contribution in [2.24, 2.45) is 0 Å². The van der Waals surface area contributed by atoms with Gasteiger partial charge < -0.3 is 5.11 Å². The molecule has 3 aromatic rings. The van der Waals surface area contributed by atoms with Crippen LogP contribution in [0.2, 0.25) is 0 Å². The fraction of sp³-hybridized carbons (Fsp3) is 0.0952. The molecule has 0 radical (unpaired) electrons. The molecule has 0 unspecified atom stereocenters. The van der Waals surface area contributed by atoms with E-state index in [2.05, 4.69) is 0 Å². The molecule has 0 spiro atoms. The molecular weight excluding hydrogens is 360 g/mol. The lowest BCUT2D eigenvalue weighted by Crippen LogP contribution is -2.39. The quantitative estimate of drug-likeness (QED) is 0.368. The van der Waals surface area contributed by atoms with Crippen LogP contribution in [0.15, 0.2) is 54.6 Å². The predicted octanol–water partition coefficient (Wildman–Crippen LogP) is 2.25. The van der Waals surface area contributed by atoms with Crippen molar-refractivity contribution in [2.75, 3.05) is 0 Å². The van der Waals surface area contributed by atoms with Crippen LogP contribution in [0, 0.1) is 0 Å². The number of nitrogens with zero attached hydrogens (tertiary/aromatic N) is 1. The van der Waals surface area contributed by atoms with Crippen LogP contribution in [0.1, 0.15) is 42.2 Å². The Balaban J connectivity index is 1.72. The maximum Gasteiger partial charge on any atom is 0.274 e. The van der Waals surface area contributed by atoms with E-state index in [0.29, 0.717) is 33.0 Å². The molecule has 1 heterocycles. The monoisotopic (exact) mass is 376 g/mol. The Hall–Kier alpha value is -3.55. The van der Waals surface area contributed by atoms with Gasteiger partial charge in [0.05, 0.1) is 13.2 Å². The SMILES string of the molecule is O=C(NO)c1ccc(CN2C(=O)c3cccc4c(CO)ccc(c34)C2=O)cc1. The highest BCUT2D eigenvalue weighted by Gasteiger charge is 2.33. The van der Waals surface area contributed by atoms with E-state index < -0.39 is 17.7 Å². The molecule has 0 aromatic heterocycles. The van der Waals surface area contributed by atoms with Gasteiger partial charge in [0.1, 0.15) is 0 Å². The number of carbonyl (C=O) groups is 3. The van der Waals surface area contributed by atoms with Crippen LogP contribution < -0.4 is 5.48 Å². The summed E-state index contributed by atoms with van der Waals surface area (Å²) < 4.78 is 0. The van der Waals surface area contributed by atoms with Gasteiger partial charge >= 0.3 is 0 Å². The Bertz CT molecular complexity index is 1100. The van der Waals surface area contributed by atoms with E-state index in [0.717, 1.165) is 4.90 Å².